The molecule has 0 radical (unpaired) electrons. The molecule has 4 aromatic rings. The summed E-state index contributed by atoms with van der Waals surface area (Å²) in [7, 11) is 2.08. The van der Waals surface area contributed by atoms with E-state index in [0.717, 1.165) is 29.0 Å². The Bertz CT molecular complexity index is 1240. The van der Waals surface area contributed by atoms with E-state index in [0.29, 0.717) is 41.5 Å². The van der Waals surface area contributed by atoms with Crippen LogP contribution >= 0.6 is 0 Å². The largest absolute Gasteiger partial charge is 0.385 e. The number of rotatable bonds is 5. The van der Waals surface area contributed by atoms with Crippen LogP contribution in [0.5, 0.6) is 0 Å². The minimum atomic E-state index is -0.682. The first-order valence-electron chi connectivity index (χ1n) is 10.3. The summed E-state index contributed by atoms with van der Waals surface area (Å²) in [4.78, 5) is 18.6. The highest BCUT2D eigenvalue weighted by Crippen LogP contribution is 2.54. The highest BCUT2D eigenvalue weighted by atomic mass is 16.3. The third kappa shape index (κ3) is 3.08. The maximum absolute atomic E-state index is 10.4. The van der Waals surface area contributed by atoms with Crippen LogP contribution in [0.15, 0.2) is 30.3 Å². The molecule has 1 fully saturated rings. The molecule has 0 aliphatic heterocycles. The van der Waals surface area contributed by atoms with Gasteiger partial charge in [-0.05, 0) is 38.8 Å². The van der Waals surface area contributed by atoms with Crippen molar-refractivity contribution in [3.63, 3.8) is 0 Å². The van der Waals surface area contributed by atoms with Gasteiger partial charge in [0.2, 0.25) is 0 Å². The fourth-order valence-electron chi connectivity index (χ4n) is 4.17. The molecule has 1 aliphatic carbocycles. The molecular formula is C22H25N7O. The van der Waals surface area contributed by atoms with Crippen molar-refractivity contribution in [2.75, 3.05) is 0 Å². The monoisotopic (exact) mass is 403 g/mol. The van der Waals surface area contributed by atoms with Crippen LogP contribution in [-0.4, -0.2) is 39.4 Å². The molecule has 0 spiro atoms. The van der Waals surface area contributed by atoms with Gasteiger partial charge in [0, 0.05) is 24.9 Å². The van der Waals surface area contributed by atoms with Gasteiger partial charge in [0.15, 0.2) is 11.6 Å². The molecule has 3 aromatic heterocycles. The number of aromatic nitrogens is 7. The number of hydrogen-bond donors (Lipinski definition) is 1. The SMILES string of the molecule is CCC(O)c1nc(C)nn1-c1cc([C@@H]2C[C@H]2c2nc3ccccc3n2C)nc(C)n1. The number of fused-ring (bicyclic) bond motifs is 1. The Hall–Kier alpha value is -3.13. The first-order chi connectivity index (χ1) is 14.5. The van der Waals surface area contributed by atoms with Crippen molar-refractivity contribution in [2.24, 2.45) is 7.05 Å². The van der Waals surface area contributed by atoms with E-state index in [1.165, 1.54) is 0 Å². The van der Waals surface area contributed by atoms with Gasteiger partial charge in [0.05, 0.1) is 16.7 Å². The van der Waals surface area contributed by atoms with Crippen molar-refractivity contribution >= 4 is 11.0 Å². The molecule has 1 aromatic carbocycles. The van der Waals surface area contributed by atoms with E-state index >= 15 is 0 Å². The molecule has 154 valence electrons. The average molecular weight is 403 g/mol. The van der Waals surface area contributed by atoms with E-state index in [-0.39, 0.29) is 0 Å². The third-order valence-electron chi connectivity index (χ3n) is 5.81. The number of aliphatic hydroxyl groups is 1. The summed E-state index contributed by atoms with van der Waals surface area (Å²) in [6, 6.07) is 10.2. The number of para-hydroxylation sites is 2. The van der Waals surface area contributed by atoms with Crippen molar-refractivity contribution in [2.45, 2.75) is 51.6 Å². The number of hydrogen-bond acceptors (Lipinski definition) is 6. The highest BCUT2D eigenvalue weighted by molar-refractivity contribution is 5.76. The number of benzene rings is 1. The van der Waals surface area contributed by atoms with Gasteiger partial charge in [-0.3, -0.25) is 0 Å². The lowest BCUT2D eigenvalue weighted by Crippen LogP contribution is -2.11. The second-order valence-corrected chi connectivity index (χ2v) is 8.02. The molecule has 1 aliphatic rings. The fourth-order valence-corrected chi connectivity index (χ4v) is 4.17. The molecular weight excluding hydrogens is 378 g/mol. The van der Waals surface area contributed by atoms with Crippen LogP contribution in [0.1, 0.15) is 66.7 Å². The summed E-state index contributed by atoms with van der Waals surface area (Å²) in [5, 5.41) is 14.8. The number of aryl methyl sites for hydroxylation is 3. The van der Waals surface area contributed by atoms with Crippen LogP contribution in [0.2, 0.25) is 0 Å². The molecule has 0 saturated heterocycles. The summed E-state index contributed by atoms with van der Waals surface area (Å²) in [6.45, 7) is 5.63. The molecule has 8 nitrogen and oxygen atoms in total. The zero-order chi connectivity index (χ0) is 21.0. The second kappa shape index (κ2) is 6.98. The number of aliphatic hydroxyl groups excluding tert-OH is 1. The van der Waals surface area contributed by atoms with E-state index in [9.17, 15) is 5.11 Å². The fraction of sp³-hybridized carbons (Fsp3) is 0.409. The quantitative estimate of drug-likeness (QED) is 0.550. The molecule has 30 heavy (non-hydrogen) atoms. The standard InChI is InChI=1S/C22H25N7O/c1-5-19(30)22-25-13(3)27-29(22)20-11-17(23-12(2)24-20)14-10-15(14)21-26-16-8-6-7-9-18(16)28(21)4/h6-9,11,14-15,19,30H,5,10H2,1-4H3/t14-,15-,19?/m1/s1. The molecule has 5 rings (SSSR count). The van der Waals surface area contributed by atoms with Crippen molar-refractivity contribution in [1.29, 1.82) is 0 Å². The van der Waals surface area contributed by atoms with Gasteiger partial charge in [0.1, 0.15) is 23.6 Å². The Balaban J connectivity index is 1.50. The summed E-state index contributed by atoms with van der Waals surface area (Å²) in [6.07, 6.45) is 0.888. The van der Waals surface area contributed by atoms with Crippen LogP contribution in [-0.2, 0) is 7.05 Å². The second-order valence-electron chi connectivity index (χ2n) is 8.02. The smallest absolute Gasteiger partial charge is 0.162 e. The van der Waals surface area contributed by atoms with Gasteiger partial charge in [-0.25, -0.2) is 19.9 Å². The van der Waals surface area contributed by atoms with Crippen molar-refractivity contribution < 1.29 is 5.11 Å². The summed E-state index contributed by atoms with van der Waals surface area (Å²) in [5.74, 6) is 4.19. The van der Waals surface area contributed by atoms with Crippen LogP contribution in [0.3, 0.4) is 0 Å². The van der Waals surface area contributed by atoms with Crippen molar-refractivity contribution in [3.05, 3.63) is 59.3 Å². The number of imidazole rings is 1. The molecule has 1 unspecified atom stereocenters. The van der Waals surface area contributed by atoms with E-state index in [2.05, 4.69) is 38.8 Å². The normalized spacial score (nSPS) is 19.4. The predicted molar refractivity (Wildman–Crippen MR) is 112 cm³/mol. The van der Waals surface area contributed by atoms with Gasteiger partial charge in [0.25, 0.3) is 0 Å². The molecule has 0 bridgehead atoms. The minimum absolute atomic E-state index is 0.296. The Morgan fingerprint density at radius 2 is 1.87 bits per heavy atom. The Kier molecular flexibility index (Phi) is 4.39. The highest BCUT2D eigenvalue weighted by Gasteiger charge is 2.44. The third-order valence-corrected chi connectivity index (χ3v) is 5.81. The minimum Gasteiger partial charge on any atom is -0.385 e. The summed E-state index contributed by atoms with van der Waals surface area (Å²) < 4.78 is 3.83. The molecule has 1 saturated carbocycles. The average Bonchev–Trinajstić information content (AvgIpc) is 3.33. The van der Waals surface area contributed by atoms with Gasteiger partial charge < -0.3 is 9.67 Å². The Labute approximate surface area is 174 Å². The lowest BCUT2D eigenvalue weighted by molar-refractivity contribution is 0.160. The number of nitrogens with zero attached hydrogens (tertiary/aromatic N) is 7. The summed E-state index contributed by atoms with van der Waals surface area (Å²) >= 11 is 0. The molecule has 3 heterocycles. The van der Waals surface area contributed by atoms with Gasteiger partial charge in [-0.2, -0.15) is 4.68 Å². The first kappa shape index (κ1) is 18.9. The van der Waals surface area contributed by atoms with Crippen LogP contribution < -0.4 is 0 Å². The van der Waals surface area contributed by atoms with E-state index in [4.69, 9.17) is 9.97 Å². The van der Waals surface area contributed by atoms with Gasteiger partial charge >= 0.3 is 0 Å². The Morgan fingerprint density at radius 1 is 1.07 bits per heavy atom. The van der Waals surface area contributed by atoms with Crippen LogP contribution in [0.25, 0.3) is 16.9 Å². The van der Waals surface area contributed by atoms with Crippen LogP contribution in [0, 0.1) is 13.8 Å². The predicted octanol–water partition coefficient (Wildman–Crippen LogP) is 3.28. The maximum atomic E-state index is 10.4. The van der Waals surface area contributed by atoms with Gasteiger partial charge in [-0.1, -0.05) is 19.1 Å². The first-order valence-corrected chi connectivity index (χ1v) is 10.3. The summed E-state index contributed by atoms with van der Waals surface area (Å²) in [5.41, 5.74) is 3.16. The molecule has 0 amide bonds. The maximum Gasteiger partial charge on any atom is 0.162 e. The zero-order valence-electron chi connectivity index (χ0n) is 17.6. The molecule has 1 N–H and O–H groups in total. The van der Waals surface area contributed by atoms with E-state index in [1.54, 1.807) is 4.68 Å². The van der Waals surface area contributed by atoms with E-state index < -0.39 is 6.10 Å². The van der Waals surface area contributed by atoms with E-state index in [1.807, 2.05) is 39.0 Å². The zero-order valence-corrected chi connectivity index (χ0v) is 17.6. The van der Waals surface area contributed by atoms with Crippen LogP contribution in [0.4, 0.5) is 0 Å². The lowest BCUT2D eigenvalue weighted by Gasteiger charge is -2.11. The molecule has 8 heteroatoms. The van der Waals surface area contributed by atoms with Gasteiger partial charge in [-0.15, -0.1) is 5.10 Å². The van der Waals surface area contributed by atoms with Crippen molar-refractivity contribution in [3.8, 4) is 5.82 Å². The topological polar surface area (TPSA) is 94.5 Å². The lowest BCUT2D eigenvalue weighted by atomic mass is 10.2. The molecule has 3 atom stereocenters. The Morgan fingerprint density at radius 3 is 2.63 bits per heavy atom. The van der Waals surface area contributed by atoms with Crippen molar-refractivity contribution in [1.82, 2.24) is 34.3 Å².